The highest BCUT2D eigenvalue weighted by atomic mass is 19.3. The van der Waals surface area contributed by atoms with E-state index in [4.69, 9.17) is 0 Å². The van der Waals surface area contributed by atoms with Crippen LogP contribution in [-0.4, -0.2) is 56.5 Å². The molecule has 162 valence electrons. The highest BCUT2D eigenvalue weighted by Gasteiger charge is 2.50. The summed E-state index contributed by atoms with van der Waals surface area (Å²) in [4.78, 5) is 25.3. The maximum Gasteiger partial charge on any atom is 0.352 e. The van der Waals surface area contributed by atoms with Crippen molar-refractivity contribution in [2.45, 2.75) is 31.0 Å². The summed E-state index contributed by atoms with van der Waals surface area (Å²) in [6, 6.07) is 2.25. The normalized spacial score (nSPS) is 22.1. The number of alkyl halides is 3. The number of aliphatic hydroxyl groups excluding tert-OH is 1. The topological polar surface area (TPSA) is 87.5 Å². The number of amides is 2. The molecule has 2 unspecified atom stereocenters. The number of aryl methyl sites for hydroxylation is 1. The molecule has 0 radical (unpaired) electrons. The Bertz CT molecular complexity index is 976. The van der Waals surface area contributed by atoms with Gasteiger partial charge < -0.3 is 15.3 Å². The van der Waals surface area contributed by atoms with Crippen molar-refractivity contribution in [3.8, 4) is 0 Å². The molecular formula is C19H20F4N4O3. The van der Waals surface area contributed by atoms with Crippen molar-refractivity contribution in [1.29, 1.82) is 0 Å². The number of halogens is 4. The van der Waals surface area contributed by atoms with Gasteiger partial charge in [0.2, 0.25) is 0 Å². The molecule has 1 aromatic heterocycles. The Morgan fingerprint density at radius 3 is 2.67 bits per heavy atom. The van der Waals surface area contributed by atoms with Crippen LogP contribution < -0.4 is 5.32 Å². The number of hydrogen-bond acceptors (Lipinski definition) is 4. The first-order chi connectivity index (χ1) is 13.9. The van der Waals surface area contributed by atoms with Crippen LogP contribution in [0.4, 0.5) is 23.2 Å². The van der Waals surface area contributed by atoms with Gasteiger partial charge in [-0.25, -0.2) is 8.78 Å². The number of carbonyl (C=O) groups is 2. The zero-order valence-electron chi connectivity index (χ0n) is 16.2. The van der Waals surface area contributed by atoms with Crippen molar-refractivity contribution in [3.05, 3.63) is 47.5 Å². The first-order valence-electron chi connectivity index (χ1n) is 9.06. The van der Waals surface area contributed by atoms with Gasteiger partial charge >= 0.3 is 5.92 Å². The summed E-state index contributed by atoms with van der Waals surface area (Å²) in [7, 11) is 1.61. The third-order valence-corrected chi connectivity index (χ3v) is 4.95. The predicted octanol–water partition coefficient (Wildman–Crippen LogP) is 2.22. The summed E-state index contributed by atoms with van der Waals surface area (Å²) in [5.41, 5.74) is -3.57. The number of hydrogen-bond donors (Lipinski definition) is 2. The molecule has 0 bridgehead atoms. The minimum Gasteiger partial charge on any atom is -0.390 e. The SMILES string of the molecule is Cn1cc(NC(=O)c2ccc(F)c(C(F)(F)C(=O)N3CCC(O)C(C)(F)C3)c2)cn1. The fourth-order valence-electron chi connectivity index (χ4n) is 3.22. The van der Waals surface area contributed by atoms with E-state index in [2.05, 4.69) is 10.4 Å². The Kier molecular flexibility index (Phi) is 5.59. The number of aromatic nitrogens is 2. The standard InChI is InChI=1S/C19H20F4N4O3/c1-18(21)10-27(6-5-15(18)28)17(30)19(22,23)13-7-11(3-4-14(13)20)16(29)25-12-8-24-26(2)9-12/h3-4,7-9,15,28H,5-6,10H2,1-2H3,(H,25,29). The second-order valence-corrected chi connectivity index (χ2v) is 7.44. The number of nitrogens with zero attached hydrogens (tertiary/aromatic N) is 3. The number of aliphatic hydroxyl groups is 1. The van der Waals surface area contributed by atoms with Crippen LogP contribution in [0.25, 0.3) is 0 Å². The first-order valence-corrected chi connectivity index (χ1v) is 9.06. The van der Waals surface area contributed by atoms with Gasteiger partial charge in [0.05, 0.1) is 30.1 Å². The molecule has 11 heteroatoms. The van der Waals surface area contributed by atoms with Crippen LogP contribution in [0.15, 0.2) is 30.6 Å². The van der Waals surface area contributed by atoms with Crippen molar-refractivity contribution >= 4 is 17.5 Å². The Morgan fingerprint density at radius 1 is 1.37 bits per heavy atom. The molecule has 7 nitrogen and oxygen atoms in total. The van der Waals surface area contributed by atoms with Crippen LogP contribution in [0.1, 0.15) is 29.3 Å². The number of anilines is 1. The molecule has 2 heterocycles. The molecule has 30 heavy (non-hydrogen) atoms. The fraction of sp³-hybridized carbons (Fsp3) is 0.421. The van der Waals surface area contributed by atoms with E-state index in [9.17, 15) is 32.3 Å². The highest BCUT2D eigenvalue weighted by molar-refractivity contribution is 6.04. The summed E-state index contributed by atoms with van der Waals surface area (Å²) >= 11 is 0. The Labute approximate surface area is 169 Å². The molecule has 2 aromatic rings. The van der Waals surface area contributed by atoms with Crippen molar-refractivity contribution < 1.29 is 32.3 Å². The van der Waals surface area contributed by atoms with Gasteiger partial charge in [0.25, 0.3) is 11.8 Å². The van der Waals surface area contributed by atoms with Crippen molar-refractivity contribution in [1.82, 2.24) is 14.7 Å². The largest absolute Gasteiger partial charge is 0.390 e. The molecule has 1 aliphatic heterocycles. The van der Waals surface area contributed by atoms with Crippen LogP contribution in [0, 0.1) is 5.82 Å². The summed E-state index contributed by atoms with van der Waals surface area (Å²) in [6.07, 6.45) is 1.18. The number of rotatable bonds is 4. The third-order valence-electron chi connectivity index (χ3n) is 4.95. The smallest absolute Gasteiger partial charge is 0.352 e. The van der Waals surface area contributed by atoms with Crippen LogP contribution in [0.3, 0.4) is 0 Å². The lowest BCUT2D eigenvalue weighted by atomic mass is 9.92. The van der Waals surface area contributed by atoms with Gasteiger partial charge in [-0.3, -0.25) is 14.3 Å². The monoisotopic (exact) mass is 428 g/mol. The first kappa shape index (κ1) is 21.8. The van der Waals surface area contributed by atoms with Crippen LogP contribution >= 0.6 is 0 Å². The van der Waals surface area contributed by atoms with Gasteiger partial charge in [-0.05, 0) is 31.5 Å². The molecule has 2 amide bonds. The van der Waals surface area contributed by atoms with Crippen molar-refractivity contribution in [2.75, 3.05) is 18.4 Å². The summed E-state index contributed by atoms with van der Waals surface area (Å²) in [5.74, 6) is -8.33. The number of likely N-dealkylation sites (tertiary alicyclic amines) is 1. The van der Waals surface area contributed by atoms with Crippen molar-refractivity contribution in [3.63, 3.8) is 0 Å². The van der Waals surface area contributed by atoms with E-state index < -0.39 is 47.4 Å². The average molecular weight is 428 g/mol. The number of nitrogens with one attached hydrogen (secondary N) is 1. The molecule has 2 atom stereocenters. The van der Waals surface area contributed by atoms with E-state index >= 15 is 0 Å². The Hall–Kier alpha value is -2.95. The quantitative estimate of drug-likeness (QED) is 0.732. The zero-order chi connectivity index (χ0) is 22.3. The Balaban J connectivity index is 1.85. The van der Waals surface area contributed by atoms with E-state index in [1.807, 2.05) is 0 Å². The van der Waals surface area contributed by atoms with E-state index in [0.29, 0.717) is 22.7 Å². The maximum atomic E-state index is 14.9. The second-order valence-electron chi connectivity index (χ2n) is 7.44. The molecule has 2 N–H and O–H groups in total. The fourth-order valence-corrected chi connectivity index (χ4v) is 3.22. The van der Waals surface area contributed by atoms with E-state index in [-0.39, 0.29) is 18.5 Å². The minimum absolute atomic E-state index is 0.231. The molecule has 0 saturated carbocycles. The lowest BCUT2D eigenvalue weighted by molar-refractivity contribution is -0.167. The zero-order valence-corrected chi connectivity index (χ0v) is 16.2. The van der Waals surface area contributed by atoms with Crippen LogP contribution in [0.2, 0.25) is 0 Å². The minimum atomic E-state index is -4.34. The summed E-state index contributed by atoms with van der Waals surface area (Å²) in [6.45, 7) is -0.0669. The van der Waals surface area contributed by atoms with Crippen LogP contribution in [-0.2, 0) is 17.8 Å². The number of piperidine rings is 1. The third kappa shape index (κ3) is 4.16. The van der Waals surface area contributed by atoms with Gasteiger partial charge in [-0.15, -0.1) is 0 Å². The lowest BCUT2D eigenvalue weighted by Crippen LogP contribution is -2.56. The van der Waals surface area contributed by atoms with Gasteiger partial charge in [-0.2, -0.15) is 13.9 Å². The molecule has 1 aromatic carbocycles. The van der Waals surface area contributed by atoms with Gasteiger partial charge in [0.15, 0.2) is 5.67 Å². The molecule has 1 fully saturated rings. The van der Waals surface area contributed by atoms with Crippen LogP contribution in [0.5, 0.6) is 0 Å². The van der Waals surface area contributed by atoms with E-state index in [1.165, 1.54) is 17.1 Å². The highest BCUT2D eigenvalue weighted by Crippen LogP contribution is 2.35. The average Bonchev–Trinajstić information content (AvgIpc) is 3.08. The number of benzene rings is 1. The summed E-state index contributed by atoms with van der Waals surface area (Å²) < 4.78 is 59.6. The number of carbonyl (C=O) groups excluding carboxylic acids is 2. The molecular weight excluding hydrogens is 408 g/mol. The predicted molar refractivity (Wildman–Crippen MR) is 98.2 cm³/mol. The van der Waals surface area contributed by atoms with Gasteiger partial charge in [0.1, 0.15) is 5.82 Å². The summed E-state index contributed by atoms with van der Waals surface area (Å²) in [5, 5.41) is 15.9. The van der Waals surface area contributed by atoms with E-state index in [0.717, 1.165) is 13.0 Å². The maximum absolute atomic E-state index is 14.9. The lowest BCUT2D eigenvalue weighted by Gasteiger charge is -2.39. The van der Waals surface area contributed by atoms with E-state index in [1.54, 1.807) is 7.05 Å². The molecule has 1 aliphatic rings. The molecule has 3 rings (SSSR count). The van der Waals surface area contributed by atoms with Gasteiger partial charge in [-0.1, -0.05) is 0 Å². The van der Waals surface area contributed by atoms with Crippen molar-refractivity contribution in [2.24, 2.45) is 7.05 Å². The second kappa shape index (κ2) is 7.71. The molecule has 0 aliphatic carbocycles. The Morgan fingerprint density at radius 2 is 2.07 bits per heavy atom. The molecule has 1 saturated heterocycles. The van der Waals surface area contributed by atoms with Gasteiger partial charge in [0, 0.05) is 25.4 Å². The molecule has 0 spiro atoms.